The van der Waals surface area contributed by atoms with Gasteiger partial charge < -0.3 is 9.64 Å². The first kappa shape index (κ1) is 20.9. The number of nitrogens with one attached hydrogen (secondary N) is 1. The first-order valence-electron chi connectivity index (χ1n) is 10.1. The molecule has 1 N–H and O–H groups in total. The zero-order valence-corrected chi connectivity index (χ0v) is 18.3. The zero-order chi connectivity index (χ0) is 22.0. The van der Waals surface area contributed by atoms with Crippen LogP contribution in [0.25, 0.3) is 0 Å². The highest BCUT2D eigenvalue weighted by Gasteiger charge is 2.26. The molecule has 3 aromatic rings. The van der Waals surface area contributed by atoms with Gasteiger partial charge in [-0.15, -0.1) is 0 Å². The summed E-state index contributed by atoms with van der Waals surface area (Å²) in [7, 11) is -2.56. The molecule has 0 atom stereocenters. The number of carbonyl (C=O) groups excluding carboxylic acids is 1. The maximum absolute atomic E-state index is 13.3. The Bertz CT molecular complexity index is 1220. The van der Waals surface area contributed by atoms with Gasteiger partial charge in [0.15, 0.2) is 0 Å². The SMILES string of the molecule is COc1ccc(C(=O)N2CCCc3ccccc32)cc1S(=O)(=O)Nc1ccc(C)cc1. The van der Waals surface area contributed by atoms with Gasteiger partial charge in [0.05, 0.1) is 7.11 Å². The summed E-state index contributed by atoms with van der Waals surface area (Å²) in [6.07, 6.45) is 1.78. The molecule has 0 saturated carbocycles. The van der Waals surface area contributed by atoms with Crippen LogP contribution in [0, 0.1) is 6.92 Å². The Morgan fingerprint density at radius 1 is 1.03 bits per heavy atom. The van der Waals surface area contributed by atoms with Crippen LogP contribution in [0.15, 0.2) is 71.6 Å². The van der Waals surface area contributed by atoms with Crippen molar-refractivity contribution in [3.8, 4) is 5.75 Å². The number of nitrogens with zero attached hydrogens (tertiary/aromatic N) is 1. The van der Waals surface area contributed by atoms with Crippen LogP contribution in [-0.2, 0) is 16.4 Å². The van der Waals surface area contributed by atoms with Crippen molar-refractivity contribution in [3.63, 3.8) is 0 Å². The summed E-state index contributed by atoms with van der Waals surface area (Å²) in [4.78, 5) is 14.9. The van der Waals surface area contributed by atoms with Crippen molar-refractivity contribution in [2.45, 2.75) is 24.7 Å². The van der Waals surface area contributed by atoms with E-state index in [2.05, 4.69) is 4.72 Å². The molecule has 0 spiro atoms. The molecule has 7 heteroatoms. The molecule has 0 saturated heterocycles. The number of amides is 1. The second-order valence-electron chi connectivity index (χ2n) is 7.53. The Morgan fingerprint density at radius 3 is 2.52 bits per heavy atom. The summed E-state index contributed by atoms with van der Waals surface area (Å²) in [6, 6.07) is 19.3. The molecule has 1 heterocycles. The van der Waals surface area contributed by atoms with Crippen molar-refractivity contribution in [2.24, 2.45) is 0 Å². The van der Waals surface area contributed by atoms with Crippen LogP contribution < -0.4 is 14.4 Å². The summed E-state index contributed by atoms with van der Waals surface area (Å²) < 4.78 is 34.0. The number of rotatable bonds is 5. The van der Waals surface area contributed by atoms with E-state index in [1.54, 1.807) is 23.1 Å². The molecule has 0 bridgehead atoms. The van der Waals surface area contributed by atoms with Gasteiger partial charge in [0, 0.05) is 23.5 Å². The molecule has 6 nitrogen and oxygen atoms in total. The van der Waals surface area contributed by atoms with Crippen LogP contribution in [-0.4, -0.2) is 28.0 Å². The van der Waals surface area contributed by atoms with Gasteiger partial charge in [0.1, 0.15) is 10.6 Å². The van der Waals surface area contributed by atoms with E-state index in [9.17, 15) is 13.2 Å². The molecular weight excluding hydrogens is 412 g/mol. The molecular formula is C24H24N2O4S. The van der Waals surface area contributed by atoms with Crippen LogP contribution in [0.4, 0.5) is 11.4 Å². The number of anilines is 2. The minimum absolute atomic E-state index is 0.0771. The second-order valence-corrected chi connectivity index (χ2v) is 9.18. The number of carbonyl (C=O) groups is 1. The van der Waals surface area contributed by atoms with Gasteiger partial charge in [-0.25, -0.2) is 8.42 Å². The minimum Gasteiger partial charge on any atom is -0.495 e. The molecule has 3 aromatic carbocycles. The van der Waals surface area contributed by atoms with Crippen LogP contribution in [0.2, 0.25) is 0 Å². The predicted octanol–water partition coefficient (Wildman–Crippen LogP) is 4.40. The summed E-state index contributed by atoms with van der Waals surface area (Å²) in [5.41, 5.74) is 3.74. The summed E-state index contributed by atoms with van der Waals surface area (Å²) in [6.45, 7) is 2.51. The van der Waals surface area contributed by atoms with E-state index in [-0.39, 0.29) is 16.6 Å². The van der Waals surface area contributed by atoms with E-state index in [4.69, 9.17) is 4.74 Å². The molecule has 0 unspecified atom stereocenters. The van der Waals surface area contributed by atoms with Crippen molar-refractivity contribution in [1.29, 1.82) is 0 Å². The van der Waals surface area contributed by atoms with E-state index < -0.39 is 10.0 Å². The lowest BCUT2D eigenvalue weighted by atomic mass is 10.0. The Labute approximate surface area is 182 Å². The summed E-state index contributed by atoms with van der Waals surface area (Å²) in [5.74, 6) is -0.0585. The molecule has 160 valence electrons. The molecule has 0 aliphatic carbocycles. The Balaban J connectivity index is 1.69. The largest absolute Gasteiger partial charge is 0.495 e. The lowest BCUT2D eigenvalue weighted by molar-refractivity contribution is 0.0985. The monoisotopic (exact) mass is 436 g/mol. The highest BCUT2D eigenvalue weighted by atomic mass is 32.2. The topological polar surface area (TPSA) is 75.7 Å². The quantitative estimate of drug-likeness (QED) is 0.643. The second kappa shape index (κ2) is 8.43. The van der Waals surface area contributed by atoms with Gasteiger partial charge >= 0.3 is 0 Å². The number of ether oxygens (including phenoxy) is 1. The van der Waals surface area contributed by atoms with Crippen LogP contribution >= 0.6 is 0 Å². The Morgan fingerprint density at radius 2 is 1.77 bits per heavy atom. The third kappa shape index (κ3) is 4.27. The lowest BCUT2D eigenvalue weighted by Gasteiger charge is -2.29. The minimum atomic E-state index is -3.96. The van der Waals surface area contributed by atoms with Crippen molar-refractivity contribution in [3.05, 3.63) is 83.4 Å². The van der Waals surface area contributed by atoms with E-state index in [1.165, 1.54) is 19.2 Å². The smallest absolute Gasteiger partial charge is 0.265 e. The molecule has 0 aromatic heterocycles. The van der Waals surface area contributed by atoms with E-state index in [0.717, 1.165) is 29.7 Å². The number of sulfonamides is 1. The summed E-state index contributed by atoms with van der Waals surface area (Å²) >= 11 is 0. The van der Waals surface area contributed by atoms with E-state index >= 15 is 0 Å². The first-order chi connectivity index (χ1) is 14.9. The fourth-order valence-corrected chi connectivity index (χ4v) is 5.01. The predicted molar refractivity (Wildman–Crippen MR) is 121 cm³/mol. The number of para-hydroxylation sites is 1. The number of benzene rings is 3. The lowest BCUT2D eigenvalue weighted by Crippen LogP contribution is -2.35. The molecule has 1 aliphatic rings. The highest BCUT2D eigenvalue weighted by molar-refractivity contribution is 7.92. The fourth-order valence-electron chi connectivity index (χ4n) is 3.75. The third-order valence-electron chi connectivity index (χ3n) is 5.36. The van der Waals surface area contributed by atoms with Crippen LogP contribution in [0.5, 0.6) is 5.75 Å². The van der Waals surface area contributed by atoms with Crippen LogP contribution in [0.3, 0.4) is 0 Å². The van der Waals surface area contributed by atoms with Crippen molar-refractivity contribution in [2.75, 3.05) is 23.3 Å². The average Bonchev–Trinajstić information content (AvgIpc) is 2.79. The van der Waals surface area contributed by atoms with E-state index in [1.807, 2.05) is 43.3 Å². The van der Waals surface area contributed by atoms with Gasteiger partial charge in [-0.05, 0) is 61.7 Å². The van der Waals surface area contributed by atoms with Crippen LogP contribution in [0.1, 0.15) is 27.9 Å². The van der Waals surface area contributed by atoms with Crippen molar-refractivity contribution >= 4 is 27.3 Å². The molecule has 0 fully saturated rings. The molecule has 4 rings (SSSR count). The van der Waals surface area contributed by atoms with Crippen molar-refractivity contribution in [1.82, 2.24) is 0 Å². The number of hydrogen-bond acceptors (Lipinski definition) is 4. The molecule has 31 heavy (non-hydrogen) atoms. The maximum Gasteiger partial charge on any atom is 0.265 e. The summed E-state index contributed by atoms with van der Waals surface area (Å²) in [5, 5.41) is 0. The van der Waals surface area contributed by atoms with Gasteiger partial charge in [0.25, 0.3) is 15.9 Å². The van der Waals surface area contributed by atoms with E-state index in [0.29, 0.717) is 17.8 Å². The standard InChI is InChI=1S/C24H24N2O4S/c1-17-9-12-20(13-10-17)25-31(28,29)23-16-19(11-14-22(23)30-2)24(27)26-15-5-7-18-6-3-4-8-21(18)26/h3-4,6,8-14,16,25H,5,7,15H2,1-2H3. The maximum atomic E-state index is 13.3. The highest BCUT2D eigenvalue weighted by Crippen LogP contribution is 2.31. The Kier molecular flexibility index (Phi) is 5.69. The number of hydrogen-bond donors (Lipinski definition) is 1. The van der Waals surface area contributed by atoms with Gasteiger partial charge in [-0.3, -0.25) is 9.52 Å². The number of fused-ring (bicyclic) bond motifs is 1. The third-order valence-corrected chi connectivity index (χ3v) is 6.76. The first-order valence-corrected chi connectivity index (χ1v) is 11.5. The normalized spacial score (nSPS) is 13.4. The average molecular weight is 437 g/mol. The fraction of sp³-hybridized carbons (Fsp3) is 0.208. The van der Waals surface area contributed by atoms with Gasteiger partial charge in [-0.2, -0.15) is 0 Å². The Hall–Kier alpha value is -3.32. The molecule has 1 amide bonds. The number of aryl methyl sites for hydroxylation is 2. The van der Waals surface area contributed by atoms with Crippen molar-refractivity contribution < 1.29 is 17.9 Å². The van der Waals surface area contributed by atoms with Gasteiger partial charge in [0.2, 0.25) is 0 Å². The molecule has 0 radical (unpaired) electrons. The van der Waals surface area contributed by atoms with Gasteiger partial charge in [-0.1, -0.05) is 35.9 Å². The zero-order valence-electron chi connectivity index (χ0n) is 17.5. The molecule has 1 aliphatic heterocycles. The number of methoxy groups -OCH3 is 1.